The van der Waals surface area contributed by atoms with E-state index in [9.17, 15) is 18.0 Å². The summed E-state index contributed by atoms with van der Waals surface area (Å²) >= 11 is 12.5. The second-order valence-electron chi connectivity index (χ2n) is 8.33. The van der Waals surface area contributed by atoms with E-state index in [1.54, 1.807) is 49.4 Å². The summed E-state index contributed by atoms with van der Waals surface area (Å²) in [7, 11) is -1.21. The molecular formula is C27H29Cl2N3O5S. The second-order valence-corrected chi connectivity index (χ2v) is 11.0. The molecule has 0 saturated carbocycles. The van der Waals surface area contributed by atoms with E-state index < -0.39 is 28.5 Å². The van der Waals surface area contributed by atoms with Gasteiger partial charge >= 0.3 is 0 Å². The molecule has 0 fully saturated rings. The number of carbonyl (C=O) groups excluding carboxylic acids is 2. The fourth-order valence-electron chi connectivity index (χ4n) is 3.97. The third-order valence-corrected chi connectivity index (χ3v) is 8.22. The maximum Gasteiger partial charge on any atom is 0.264 e. The molecule has 3 aromatic rings. The highest BCUT2D eigenvalue weighted by atomic mass is 35.5. The van der Waals surface area contributed by atoms with Crippen LogP contribution in [0.1, 0.15) is 18.9 Å². The first-order valence-corrected chi connectivity index (χ1v) is 14.0. The first-order valence-electron chi connectivity index (χ1n) is 11.8. The standard InChI is InChI=1S/C27H29Cl2N3O5S/c1-4-24(27(34)30-2)31(17-19-9-8-10-21(15-19)37-3)26(33)18-32(25-14-13-20(28)16-23(25)29)38(35,36)22-11-6-5-7-12-22/h5-16,24H,4,17-18H2,1-3H3,(H,30,34)/t24-/m0/s1. The van der Waals surface area contributed by atoms with Gasteiger partial charge in [-0.3, -0.25) is 13.9 Å². The Labute approximate surface area is 233 Å². The van der Waals surface area contributed by atoms with Gasteiger partial charge in [0.15, 0.2) is 0 Å². The minimum atomic E-state index is -4.22. The van der Waals surface area contributed by atoms with E-state index in [0.29, 0.717) is 22.8 Å². The molecule has 0 aromatic heterocycles. The molecule has 0 aliphatic heterocycles. The molecule has 3 rings (SSSR count). The zero-order valence-corrected chi connectivity index (χ0v) is 23.6. The highest BCUT2D eigenvalue weighted by Gasteiger charge is 2.34. The number of hydrogen-bond acceptors (Lipinski definition) is 5. The topological polar surface area (TPSA) is 96.0 Å². The number of amides is 2. The lowest BCUT2D eigenvalue weighted by Gasteiger charge is -2.33. The summed E-state index contributed by atoms with van der Waals surface area (Å²) in [5, 5.41) is 2.96. The molecule has 3 aromatic carbocycles. The number of anilines is 1. The Bertz CT molecular complexity index is 1390. The number of hydrogen-bond donors (Lipinski definition) is 1. The van der Waals surface area contributed by atoms with Gasteiger partial charge in [0.2, 0.25) is 11.8 Å². The molecule has 8 nitrogen and oxygen atoms in total. The largest absolute Gasteiger partial charge is 0.497 e. The maximum absolute atomic E-state index is 13.9. The monoisotopic (exact) mass is 577 g/mol. The Morgan fingerprint density at radius 2 is 1.71 bits per heavy atom. The molecule has 0 bridgehead atoms. The highest BCUT2D eigenvalue weighted by molar-refractivity contribution is 7.92. The van der Waals surface area contributed by atoms with Crippen molar-refractivity contribution in [3.05, 3.63) is 88.4 Å². The minimum absolute atomic E-state index is 0.0171. The van der Waals surface area contributed by atoms with Crippen LogP contribution >= 0.6 is 23.2 Å². The Morgan fingerprint density at radius 1 is 1.00 bits per heavy atom. The van der Waals surface area contributed by atoms with Crippen molar-refractivity contribution in [3.63, 3.8) is 0 Å². The second kappa shape index (κ2) is 13.0. The van der Waals surface area contributed by atoms with Crippen LogP contribution in [0.2, 0.25) is 10.0 Å². The van der Waals surface area contributed by atoms with Crippen LogP contribution in [0.4, 0.5) is 5.69 Å². The van der Waals surface area contributed by atoms with Crippen molar-refractivity contribution in [1.29, 1.82) is 0 Å². The van der Waals surface area contributed by atoms with Crippen molar-refractivity contribution in [3.8, 4) is 5.75 Å². The Morgan fingerprint density at radius 3 is 2.32 bits per heavy atom. The van der Waals surface area contributed by atoms with Crippen molar-refractivity contribution in [2.45, 2.75) is 30.8 Å². The Balaban J connectivity index is 2.09. The molecule has 0 aliphatic rings. The van der Waals surface area contributed by atoms with Crippen molar-refractivity contribution >= 4 is 50.7 Å². The number of nitrogens with one attached hydrogen (secondary N) is 1. The average Bonchev–Trinajstić information content (AvgIpc) is 2.92. The predicted molar refractivity (Wildman–Crippen MR) is 149 cm³/mol. The smallest absolute Gasteiger partial charge is 0.264 e. The van der Waals surface area contributed by atoms with E-state index >= 15 is 0 Å². The normalized spacial score (nSPS) is 11.9. The lowest BCUT2D eigenvalue weighted by molar-refractivity contribution is -0.140. The van der Waals surface area contributed by atoms with E-state index in [-0.39, 0.29) is 28.1 Å². The van der Waals surface area contributed by atoms with E-state index in [0.717, 1.165) is 4.31 Å². The molecule has 0 heterocycles. The highest BCUT2D eigenvalue weighted by Crippen LogP contribution is 2.33. The van der Waals surface area contributed by atoms with Gasteiger partial charge in [-0.05, 0) is 54.4 Å². The van der Waals surface area contributed by atoms with Gasteiger partial charge in [-0.25, -0.2) is 8.42 Å². The van der Waals surface area contributed by atoms with Crippen molar-refractivity contribution in [2.75, 3.05) is 25.0 Å². The third kappa shape index (κ3) is 6.78. The van der Waals surface area contributed by atoms with Gasteiger partial charge in [0, 0.05) is 18.6 Å². The van der Waals surface area contributed by atoms with Crippen LogP contribution in [0.25, 0.3) is 0 Å². The number of benzene rings is 3. The third-order valence-electron chi connectivity index (χ3n) is 5.91. The van der Waals surface area contributed by atoms with Crippen molar-refractivity contribution in [2.24, 2.45) is 0 Å². The number of methoxy groups -OCH3 is 1. The number of rotatable bonds is 11. The van der Waals surface area contributed by atoms with Gasteiger partial charge in [0.1, 0.15) is 18.3 Å². The number of ether oxygens (including phenoxy) is 1. The maximum atomic E-state index is 13.9. The fourth-order valence-corrected chi connectivity index (χ4v) is 5.98. The van der Waals surface area contributed by atoms with Gasteiger partial charge in [0.25, 0.3) is 10.0 Å². The molecule has 0 unspecified atom stereocenters. The Hall–Kier alpha value is -3.27. The van der Waals surface area contributed by atoms with E-state index in [2.05, 4.69) is 5.32 Å². The molecule has 1 N–H and O–H groups in total. The summed E-state index contributed by atoms with van der Waals surface area (Å²) in [4.78, 5) is 28.0. The van der Waals surface area contributed by atoms with Crippen LogP contribution < -0.4 is 14.4 Å². The van der Waals surface area contributed by atoms with Crippen LogP contribution in [0, 0.1) is 0 Å². The van der Waals surface area contributed by atoms with Gasteiger partial charge in [-0.15, -0.1) is 0 Å². The first kappa shape index (κ1) is 29.3. The molecule has 11 heteroatoms. The zero-order chi connectivity index (χ0) is 27.9. The Kier molecular flexibility index (Phi) is 10.0. The summed E-state index contributed by atoms with van der Waals surface area (Å²) in [5.41, 5.74) is 0.796. The van der Waals surface area contributed by atoms with Gasteiger partial charge in [0.05, 0.1) is 22.7 Å². The number of halogens is 2. The number of carbonyl (C=O) groups is 2. The molecule has 0 saturated heterocycles. The summed E-state index contributed by atoms with van der Waals surface area (Å²) in [6, 6.07) is 18.3. The average molecular weight is 579 g/mol. The van der Waals surface area contributed by atoms with Gasteiger partial charge < -0.3 is 15.0 Å². The van der Waals surface area contributed by atoms with Crippen LogP contribution in [0.3, 0.4) is 0 Å². The van der Waals surface area contributed by atoms with Crippen LogP contribution in [-0.2, 0) is 26.2 Å². The molecule has 1 atom stereocenters. The number of likely N-dealkylation sites (N-methyl/N-ethyl adjacent to an activating group) is 1. The summed E-state index contributed by atoms with van der Waals surface area (Å²) in [5.74, 6) is -0.372. The van der Waals surface area contributed by atoms with E-state index in [4.69, 9.17) is 27.9 Å². The molecule has 2 amide bonds. The van der Waals surface area contributed by atoms with Crippen molar-refractivity contribution < 1.29 is 22.7 Å². The molecule has 0 radical (unpaired) electrons. The van der Waals surface area contributed by atoms with Crippen molar-refractivity contribution in [1.82, 2.24) is 10.2 Å². The minimum Gasteiger partial charge on any atom is -0.497 e. The SMILES string of the molecule is CC[C@@H](C(=O)NC)N(Cc1cccc(OC)c1)C(=O)CN(c1ccc(Cl)cc1Cl)S(=O)(=O)c1ccccc1. The van der Waals surface area contributed by atoms with Crippen LogP contribution in [-0.4, -0.2) is 51.9 Å². The predicted octanol–water partition coefficient (Wildman–Crippen LogP) is 4.75. The zero-order valence-electron chi connectivity index (χ0n) is 21.2. The lowest BCUT2D eigenvalue weighted by atomic mass is 10.1. The summed E-state index contributed by atoms with van der Waals surface area (Å²) in [6.45, 7) is 1.23. The number of nitrogens with zero attached hydrogens (tertiary/aromatic N) is 2. The number of sulfonamides is 1. The summed E-state index contributed by atoms with van der Waals surface area (Å²) in [6.07, 6.45) is 0.308. The van der Waals surface area contributed by atoms with Crippen LogP contribution in [0.5, 0.6) is 5.75 Å². The molecular weight excluding hydrogens is 549 g/mol. The van der Waals surface area contributed by atoms with E-state index in [1.165, 1.54) is 49.4 Å². The van der Waals surface area contributed by atoms with Crippen LogP contribution in [0.15, 0.2) is 77.7 Å². The van der Waals surface area contributed by atoms with Gasteiger partial charge in [-0.2, -0.15) is 0 Å². The summed E-state index contributed by atoms with van der Waals surface area (Å²) < 4.78 is 33.8. The lowest BCUT2D eigenvalue weighted by Crippen LogP contribution is -2.51. The molecule has 0 aliphatic carbocycles. The molecule has 202 valence electrons. The quantitative estimate of drug-likeness (QED) is 0.354. The van der Waals surface area contributed by atoms with E-state index in [1.807, 2.05) is 0 Å². The van der Waals surface area contributed by atoms with Gasteiger partial charge in [-0.1, -0.05) is 60.5 Å². The first-order chi connectivity index (χ1) is 18.1. The molecule has 38 heavy (non-hydrogen) atoms. The molecule has 0 spiro atoms. The fraction of sp³-hybridized carbons (Fsp3) is 0.259.